The lowest BCUT2D eigenvalue weighted by Crippen LogP contribution is -2.17. The summed E-state index contributed by atoms with van der Waals surface area (Å²) in [6, 6.07) is 20.3. The van der Waals surface area contributed by atoms with Crippen LogP contribution in [0.2, 0.25) is 5.02 Å². The smallest absolute Gasteiger partial charge is 0.228 e. The number of nitrogens with one attached hydrogen (secondary N) is 2. The summed E-state index contributed by atoms with van der Waals surface area (Å²) in [4.78, 5) is 28.3. The Morgan fingerprint density at radius 1 is 1.06 bits per heavy atom. The van der Waals surface area contributed by atoms with Crippen LogP contribution >= 0.6 is 22.9 Å². The van der Waals surface area contributed by atoms with Gasteiger partial charge in [0.25, 0.3) is 0 Å². The third-order valence-electron chi connectivity index (χ3n) is 5.39. The lowest BCUT2D eigenvalue weighted by atomic mass is 9.99. The molecule has 1 aromatic heterocycles. The SMILES string of the molecule is COC(O)c1cc(-c2ccc(-c3csc(NC(C)=O)n3)cc2)c(Cl)cc1NC(=O)Cc1ccccc1. The summed E-state index contributed by atoms with van der Waals surface area (Å²) < 4.78 is 5.14. The number of nitrogens with zero attached hydrogens (tertiary/aromatic N) is 1. The van der Waals surface area contributed by atoms with Crippen molar-refractivity contribution in [2.24, 2.45) is 0 Å². The Hall–Kier alpha value is -3.56. The van der Waals surface area contributed by atoms with Crippen LogP contribution in [-0.2, 0) is 20.7 Å². The molecule has 0 saturated heterocycles. The number of rotatable bonds is 8. The minimum absolute atomic E-state index is 0.172. The molecule has 0 aliphatic heterocycles. The van der Waals surface area contributed by atoms with Crippen molar-refractivity contribution in [2.75, 3.05) is 17.7 Å². The van der Waals surface area contributed by atoms with E-state index in [0.29, 0.717) is 27.0 Å². The molecule has 0 bridgehead atoms. The molecule has 0 aliphatic rings. The molecule has 0 spiro atoms. The number of carbonyl (C=O) groups excluding carboxylic acids is 2. The topological polar surface area (TPSA) is 101 Å². The van der Waals surface area contributed by atoms with E-state index in [4.69, 9.17) is 16.3 Å². The van der Waals surface area contributed by atoms with Crippen LogP contribution in [0.5, 0.6) is 0 Å². The molecule has 1 atom stereocenters. The molecular formula is C27H24ClN3O4S. The molecule has 7 nitrogen and oxygen atoms in total. The normalized spacial score (nSPS) is 11.7. The molecule has 0 radical (unpaired) electrons. The Morgan fingerprint density at radius 3 is 2.42 bits per heavy atom. The first-order valence-electron chi connectivity index (χ1n) is 11.1. The predicted octanol–water partition coefficient (Wildman–Crippen LogP) is 5.91. The molecule has 0 fully saturated rings. The summed E-state index contributed by atoms with van der Waals surface area (Å²) in [6.07, 6.45) is -1.07. The van der Waals surface area contributed by atoms with Gasteiger partial charge in [0.1, 0.15) is 0 Å². The van der Waals surface area contributed by atoms with E-state index in [2.05, 4.69) is 15.6 Å². The van der Waals surface area contributed by atoms with Gasteiger partial charge in [0, 0.05) is 36.1 Å². The second-order valence-electron chi connectivity index (χ2n) is 8.01. The van der Waals surface area contributed by atoms with Gasteiger partial charge in [-0.05, 0) is 23.3 Å². The second-order valence-corrected chi connectivity index (χ2v) is 9.28. The third-order valence-corrected chi connectivity index (χ3v) is 6.46. The van der Waals surface area contributed by atoms with Crippen LogP contribution in [0.15, 0.2) is 72.1 Å². The van der Waals surface area contributed by atoms with Crippen LogP contribution in [0, 0.1) is 0 Å². The highest BCUT2D eigenvalue weighted by Crippen LogP contribution is 2.37. The molecule has 4 aromatic rings. The molecule has 2 amide bonds. The van der Waals surface area contributed by atoms with E-state index in [1.807, 2.05) is 60.0 Å². The lowest BCUT2D eigenvalue weighted by Gasteiger charge is -2.18. The van der Waals surface area contributed by atoms with E-state index >= 15 is 0 Å². The number of halogens is 1. The number of methoxy groups -OCH3 is 1. The van der Waals surface area contributed by atoms with E-state index in [0.717, 1.165) is 22.4 Å². The molecule has 36 heavy (non-hydrogen) atoms. The molecule has 9 heteroatoms. The number of hydrogen-bond acceptors (Lipinski definition) is 6. The van der Waals surface area contributed by atoms with E-state index < -0.39 is 6.29 Å². The van der Waals surface area contributed by atoms with Crippen molar-refractivity contribution in [1.82, 2.24) is 4.98 Å². The number of aliphatic hydroxyl groups is 1. The van der Waals surface area contributed by atoms with Crippen molar-refractivity contribution in [3.05, 3.63) is 88.3 Å². The number of anilines is 2. The van der Waals surface area contributed by atoms with E-state index in [9.17, 15) is 14.7 Å². The van der Waals surface area contributed by atoms with Gasteiger partial charge in [0.15, 0.2) is 11.4 Å². The Balaban J connectivity index is 1.59. The van der Waals surface area contributed by atoms with Crippen LogP contribution in [-0.4, -0.2) is 29.0 Å². The summed E-state index contributed by atoms with van der Waals surface area (Å²) in [7, 11) is 1.38. The summed E-state index contributed by atoms with van der Waals surface area (Å²) in [6.45, 7) is 1.44. The number of hydrogen-bond donors (Lipinski definition) is 3. The standard InChI is InChI=1S/C27H24ClN3O4S/c1-16(32)29-27-31-24(15-36-27)19-10-8-18(9-11-19)20-13-21(26(34)35-2)23(14-22(20)28)30-25(33)12-17-6-4-3-5-7-17/h3-11,13-15,26,34H,12H2,1-2H3,(H,30,33)(H,29,31,32). The lowest BCUT2D eigenvalue weighted by molar-refractivity contribution is -0.116. The molecule has 184 valence electrons. The summed E-state index contributed by atoms with van der Waals surface area (Å²) in [5.41, 5.74) is 4.75. The van der Waals surface area contributed by atoms with Crippen molar-refractivity contribution >= 4 is 45.6 Å². The zero-order valence-electron chi connectivity index (χ0n) is 19.6. The highest BCUT2D eigenvalue weighted by molar-refractivity contribution is 7.14. The summed E-state index contributed by atoms with van der Waals surface area (Å²) in [5.74, 6) is -0.407. The molecule has 1 unspecified atom stereocenters. The van der Waals surface area contributed by atoms with Gasteiger partial charge in [-0.3, -0.25) is 9.59 Å². The zero-order valence-corrected chi connectivity index (χ0v) is 21.2. The highest BCUT2D eigenvalue weighted by atomic mass is 35.5. The Bertz CT molecular complexity index is 1370. The Labute approximate surface area is 217 Å². The number of benzene rings is 3. The van der Waals surface area contributed by atoms with Gasteiger partial charge in [-0.2, -0.15) is 0 Å². The van der Waals surface area contributed by atoms with Gasteiger partial charge in [-0.15, -0.1) is 11.3 Å². The Morgan fingerprint density at radius 2 is 1.75 bits per heavy atom. The number of ether oxygens (including phenoxy) is 1. The molecule has 3 aromatic carbocycles. The maximum Gasteiger partial charge on any atom is 0.228 e. The fourth-order valence-electron chi connectivity index (χ4n) is 3.66. The van der Waals surface area contributed by atoms with Gasteiger partial charge in [-0.1, -0.05) is 66.2 Å². The van der Waals surface area contributed by atoms with Gasteiger partial charge >= 0.3 is 0 Å². The van der Waals surface area contributed by atoms with Crippen LogP contribution < -0.4 is 10.6 Å². The molecule has 0 aliphatic carbocycles. The van der Waals surface area contributed by atoms with E-state index in [-0.39, 0.29) is 18.2 Å². The minimum atomic E-state index is -1.26. The first-order valence-corrected chi connectivity index (χ1v) is 12.3. The molecule has 1 heterocycles. The Kier molecular flexibility index (Phi) is 8.12. The van der Waals surface area contributed by atoms with Crippen molar-refractivity contribution in [1.29, 1.82) is 0 Å². The monoisotopic (exact) mass is 521 g/mol. The first-order chi connectivity index (χ1) is 17.3. The number of aliphatic hydroxyl groups excluding tert-OH is 1. The van der Waals surface area contributed by atoms with Crippen molar-refractivity contribution < 1.29 is 19.4 Å². The number of aromatic nitrogens is 1. The van der Waals surface area contributed by atoms with Crippen LogP contribution in [0.3, 0.4) is 0 Å². The van der Waals surface area contributed by atoms with Crippen LogP contribution in [0.1, 0.15) is 24.3 Å². The second kappa shape index (κ2) is 11.5. The van der Waals surface area contributed by atoms with E-state index in [1.54, 1.807) is 12.1 Å². The molecule has 4 rings (SSSR count). The maximum absolute atomic E-state index is 12.6. The van der Waals surface area contributed by atoms with Gasteiger partial charge < -0.3 is 20.5 Å². The number of carbonyl (C=O) groups is 2. The number of thiazole rings is 1. The van der Waals surface area contributed by atoms with Gasteiger partial charge in [0.2, 0.25) is 11.8 Å². The quantitative estimate of drug-likeness (QED) is 0.250. The fourth-order valence-corrected chi connectivity index (χ4v) is 4.70. The largest absolute Gasteiger partial charge is 0.364 e. The average molecular weight is 522 g/mol. The molecule has 3 N–H and O–H groups in total. The van der Waals surface area contributed by atoms with Gasteiger partial charge in [-0.25, -0.2) is 4.98 Å². The van der Waals surface area contributed by atoms with E-state index in [1.165, 1.54) is 25.4 Å². The highest BCUT2D eigenvalue weighted by Gasteiger charge is 2.18. The van der Waals surface area contributed by atoms with Crippen LogP contribution in [0.25, 0.3) is 22.4 Å². The van der Waals surface area contributed by atoms with Crippen molar-refractivity contribution in [2.45, 2.75) is 19.6 Å². The average Bonchev–Trinajstić information content (AvgIpc) is 3.32. The predicted molar refractivity (Wildman–Crippen MR) is 143 cm³/mol. The van der Waals surface area contributed by atoms with Crippen LogP contribution in [0.4, 0.5) is 10.8 Å². The summed E-state index contributed by atoms with van der Waals surface area (Å²) in [5, 5.41) is 18.8. The summed E-state index contributed by atoms with van der Waals surface area (Å²) >= 11 is 7.96. The first kappa shape index (κ1) is 25.5. The number of amides is 2. The minimum Gasteiger partial charge on any atom is -0.364 e. The van der Waals surface area contributed by atoms with Crippen molar-refractivity contribution in [3.63, 3.8) is 0 Å². The van der Waals surface area contributed by atoms with Gasteiger partial charge in [0.05, 0.1) is 22.8 Å². The molecular weight excluding hydrogens is 498 g/mol. The zero-order chi connectivity index (χ0) is 25.7. The third kappa shape index (κ3) is 6.16. The maximum atomic E-state index is 12.6. The van der Waals surface area contributed by atoms with Crippen molar-refractivity contribution in [3.8, 4) is 22.4 Å². The molecule has 0 saturated carbocycles. The fraction of sp³-hybridized carbons (Fsp3) is 0.148.